The first-order valence-electron chi connectivity index (χ1n) is 8.29. The molecule has 150 valence electrons. The van der Waals surface area contributed by atoms with E-state index < -0.39 is 11.7 Å². The molecule has 1 aromatic heterocycles. The summed E-state index contributed by atoms with van der Waals surface area (Å²) in [5.74, 6) is 4.77. The lowest BCUT2D eigenvalue weighted by Gasteiger charge is -2.10. The molecule has 0 saturated heterocycles. The molecule has 0 radical (unpaired) electrons. The Balaban J connectivity index is 2.12. The van der Waals surface area contributed by atoms with E-state index in [1.807, 2.05) is 0 Å². The summed E-state index contributed by atoms with van der Waals surface area (Å²) in [5, 5.41) is 16.3. The summed E-state index contributed by atoms with van der Waals surface area (Å²) in [6, 6.07) is 5.58. The van der Waals surface area contributed by atoms with Crippen LogP contribution in [0.3, 0.4) is 0 Å². The van der Waals surface area contributed by atoms with Crippen molar-refractivity contribution in [1.82, 2.24) is 20.4 Å². The molecule has 10 nitrogen and oxygen atoms in total. The van der Waals surface area contributed by atoms with Crippen LogP contribution in [-0.4, -0.2) is 52.2 Å². The topological polar surface area (TPSA) is 152 Å². The number of carbonyl (C=O) groups excluding carboxylic acids is 1. The Bertz CT molecular complexity index is 874. The van der Waals surface area contributed by atoms with Crippen molar-refractivity contribution in [2.75, 3.05) is 20.3 Å². The summed E-state index contributed by atoms with van der Waals surface area (Å²) in [6.45, 7) is 1.46. The molecule has 6 N–H and O–H groups in total. The number of hydrogen-bond acceptors (Lipinski definition) is 8. The maximum Gasteiger partial charge on any atom is 0.270 e. The quantitative estimate of drug-likeness (QED) is 0.206. The van der Waals surface area contributed by atoms with E-state index in [0.29, 0.717) is 11.4 Å². The second-order valence-corrected chi connectivity index (χ2v) is 5.76. The molecular weight excluding hydrogens is 369 g/mol. The highest BCUT2D eigenvalue weighted by atomic mass is 19.1. The molecule has 0 aliphatic rings. The number of aliphatic hydroxyl groups is 1. The molecule has 2 rings (SSSR count). The van der Waals surface area contributed by atoms with Gasteiger partial charge in [-0.05, 0) is 30.7 Å². The molecular formula is C17H22FN7O3. The maximum absolute atomic E-state index is 13.7. The predicted octanol–water partition coefficient (Wildman–Crippen LogP) is -0.349. The molecule has 1 heterocycles. The van der Waals surface area contributed by atoms with Crippen LogP contribution in [-0.2, 0) is 6.54 Å². The van der Waals surface area contributed by atoms with Crippen molar-refractivity contribution in [3.05, 3.63) is 52.9 Å². The number of benzene rings is 1. The number of ether oxygens (including phenoxy) is 1. The van der Waals surface area contributed by atoms with E-state index in [1.54, 1.807) is 6.92 Å². The van der Waals surface area contributed by atoms with Crippen molar-refractivity contribution >= 4 is 11.7 Å². The zero-order chi connectivity index (χ0) is 20.7. The summed E-state index contributed by atoms with van der Waals surface area (Å²) in [7, 11) is 1.50. The molecule has 0 unspecified atom stereocenters. The summed E-state index contributed by atoms with van der Waals surface area (Å²) >= 11 is 0. The minimum absolute atomic E-state index is 0.00384. The van der Waals surface area contributed by atoms with Crippen molar-refractivity contribution in [1.29, 1.82) is 0 Å². The van der Waals surface area contributed by atoms with Crippen LogP contribution in [0.1, 0.15) is 27.6 Å². The number of halogens is 1. The van der Waals surface area contributed by atoms with Crippen LogP contribution in [0.15, 0.2) is 29.4 Å². The number of carbonyl (C=O) groups is 1. The second kappa shape index (κ2) is 9.58. The van der Waals surface area contributed by atoms with Gasteiger partial charge in [-0.25, -0.2) is 25.3 Å². The highest BCUT2D eigenvalue weighted by Gasteiger charge is 2.13. The normalized spacial score (nSPS) is 11.2. The number of aliphatic hydroxyl groups excluding tert-OH is 1. The van der Waals surface area contributed by atoms with E-state index in [9.17, 15) is 9.18 Å². The highest BCUT2D eigenvalue weighted by molar-refractivity contribution is 5.99. The third kappa shape index (κ3) is 5.86. The number of nitrogens with zero attached hydrogens (tertiary/aromatic N) is 4. The van der Waals surface area contributed by atoms with Crippen LogP contribution in [0.2, 0.25) is 0 Å². The number of amides is 1. The van der Waals surface area contributed by atoms with E-state index in [0.717, 1.165) is 5.12 Å². The van der Waals surface area contributed by atoms with E-state index in [4.69, 9.17) is 21.4 Å². The van der Waals surface area contributed by atoms with Crippen molar-refractivity contribution in [2.24, 2.45) is 16.7 Å². The predicted molar refractivity (Wildman–Crippen MR) is 99.6 cm³/mol. The fourth-order valence-electron chi connectivity index (χ4n) is 2.23. The zero-order valence-electron chi connectivity index (χ0n) is 15.5. The number of hydrazine groups is 1. The van der Waals surface area contributed by atoms with Gasteiger partial charge in [-0.3, -0.25) is 4.79 Å². The number of aromatic nitrogens is 2. The minimum atomic E-state index is -0.556. The fraction of sp³-hybridized carbons (Fsp3) is 0.294. The van der Waals surface area contributed by atoms with Crippen LogP contribution in [0.5, 0.6) is 5.75 Å². The van der Waals surface area contributed by atoms with Gasteiger partial charge in [-0.2, -0.15) is 0 Å². The van der Waals surface area contributed by atoms with Crippen LogP contribution >= 0.6 is 0 Å². The lowest BCUT2D eigenvalue weighted by Crippen LogP contribution is -2.28. The summed E-state index contributed by atoms with van der Waals surface area (Å²) in [6.07, 6.45) is 0. The smallest absolute Gasteiger partial charge is 0.270 e. The minimum Gasteiger partial charge on any atom is -0.488 e. The van der Waals surface area contributed by atoms with Gasteiger partial charge in [0.15, 0.2) is 17.4 Å². The first-order chi connectivity index (χ1) is 13.3. The summed E-state index contributed by atoms with van der Waals surface area (Å²) in [5.41, 5.74) is 6.78. The zero-order valence-corrected chi connectivity index (χ0v) is 15.5. The first-order valence-corrected chi connectivity index (χ1v) is 8.29. The molecule has 0 bridgehead atoms. The number of hydrogen-bond donors (Lipinski definition) is 4. The van der Waals surface area contributed by atoms with Gasteiger partial charge in [0.2, 0.25) is 0 Å². The average Bonchev–Trinajstić information content (AvgIpc) is 2.65. The molecule has 0 aliphatic carbocycles. The van der Waals surface area contributed by atoms with Crippen molar-refractivity contribution in [3.63, 3.8) is 0 Å². The molecule has 11 heteroatoms. The fourth-order valence-corrected chi connectivity index (χ4v) is 2.23. The van der Waals surface area contributed by atoms with Gasteiger partial charge in [0.25, 0.3) is 5.91 Å². The van der Waals surface area contributed by atoms with Crippen LogP contribution in [0.25, 0.3) is 0 Å². The Morgan fingerprint density at radius 3 is 2.75 bits per heavy atom. The van der Waals surface area contributed by atoms with E-state index in [1.165, 1.54) is 31.3 Å². The van der Waals surface area contributed by atoms with Gasteiger partial charge >= 0.3 is 0 Å². The first kappa shape index (κ1) is 21.0. The number of rotatable bonds is 8. The number of hydrazone groups is 1. The van der Waals surface area contributed by atoms with Gasteiger partial charge in [0.05, 0.1) is 6.61 Å². The highest BCUT2D eigenvalue weighted by Crippen LogP contribution is 2.18. The van der Waals surface area contributed by atoms with Gasteiger partial charge in [-0.15, -0.1) is 5.10 Å². The van der Waals surface area contributed by atoms with Crippen LogP contribution in [0, 0.1) is 12.7 Å². The Labute approximate surface area is 161 Å². The molecule has 28 heavy (non-hydrogen) atoms. The number of amidine groups is 1. The Hall–Kier alpha value is -3.31. The third-order valence-electron chi connectivity index (χ3n) is 3.40. The lowest BCUT2D eigenvalue weighted by atomic mass is 10.2. The molecule has 2 aromatic rings. The Morgan fingerprint density at radius 2 is 2.07 bits per heavy atom. The molecule has 0 fully saturated rings. The SMILES string of the molecule is Cc1nc(C(=O)NCc2ccc(F)c(OCCO)c2)cc(/C(N)=N/N(C)N)n1. The molecule has 0 atom stereocenters. The number of nitrogens with one attached hydrogen (secondary N) is 1. The maximum atomic E-state index is 13.7. The van der Waals surface area contributed by atoms with E-state index in [2.05, 4.69) is 20.4 Å². The Morgan fingerprint density at radius 1 is 1.36 bits per heavy atom. The number of nitrogens with two attached hydrogens (primary N) is 2. The van der Waals surface area contributed by atoms with Gasteiger partial charge in [-0.1, -0.05) is 6.07 Å². The average molecular weight is 391 g/mol. The molecule has 0 spiro atoms. The van der Waals surface area contributed by atoms with Gasteiger partial charge in [0, 0.05) is 13.6 Å². The van der Waals surface area contributed by atoms with Gasteiger partial charge in [0.1, 0.15) is 23.8 Å². The molecule has 1 aromatic carbocycles. The van der Waals surface area contributed by atoms with Crippen molar-refractivity contribution in [3.8, 4) is 5.75 Å². The van der Waals surface area contributed by atoms with Crippen molar-refractivity contribution in [2.45, 2.75) is 13.5 Å². The molecule has 0 aliphatic heterocycles. The third-order valence-corrected chi connectivity index (χ3v) is 3.40. The van der Waals surface area contributed by atoms with Gasteiger partial charge < -0.3 is 20.9 Å². The molecule has 1 amide bonds. The Kier molecular flexibility index (Phi) is 7.18. The van der Waals surface area contributed by atoms with E-state index >= 15 is 0 Å². The monoisotopic (exact) mass is 391 g/mol. The second-order valence-electron chi connectivity index (χ2n) is 5.76. The van der Waals surface area contributed by atoms with Crippen LogP contribution < -0.4 is 21.6 Å². The van der Waals surface area contributed by atoms with Crippen LogP contribution in [0.4, 0.5) is 4.39 Å². The lowest BCUT2D eigenvalue weighted by molar-refractivity contribution is 0.0945. The van der Waals surface area contributed by atoms with E-state index in [-0.39, 0.29) is 42.7 Å². The van der Waals surface area contributed by atoms with Crippen molar-refractivity contribution < 1.29 is 19.0 Å². The number of aryl methyl sites for hydroxylation is 1. The molecule has 0 saturated carbocycles. The largest absolute Gasteiger partial charge is 0.488 e. The standard InChI is InChI=1S/C17H22FN7O3/c1-10-22-13(16(19)24-25(2)20)8-14(23-10)17(27)21-9-11-3-4-12(18)15(7-11)28-6-5-26/h3-4,7-8,26H,5-6,9,20H2,1-2H3,(H2,19,24)(H,21,27). The summed E-state index contributed by atoms with van der Waals surface area (Å²) < 4.78 is 18.8. The summed E-state index contributed by atoms with van der Waals surface area (Å²) in [4.78, 5) is 20.7.